The van der Waals surface area contributed by atoms with Crippen molar-refractivity contribution >= 4 is 11.6 Å². The average Bonchev–Trinajstić information content (AvgIpc) is 2.48. The normalized spacial score (nSPS) is 10.4. The summed E-state index contributed by atoms with van der Waals surface area (Å²) < 4.78 is 0. The van der Waals surface area contributed by atoms with Crippen LogP contribution in [0.25, 0.3) is 0 Å². The van der Waals surface area contributed by atoms with Gasteiger partial charge in [0.15, 0.2) is 0 Å². The number of halogens is 1. The molecule has 5 heteroatoms. The third kappa shape index (κ3) is 4.30. The number of aromatic nitrogens is 2. The van der Waals surface area contributed by atoms with Crippen molar-refractivity contribution in [3.63, 3.8) is 0 Å². The summed E-state index contributed by atoms with van der Waals surface area (Å²) in [5, 5.41) is 9.29. The van der Waals surface area contributed by atoms with Crippen molar-refractivity contribution < 1.29 is 0 Å². The van der Waals surface area contributed by atoms with E-state index in [1.165, 1.54) is 0 Å². The first-order valence-corrected chi connectivity index (χ1v) is 6.75. The van der Waals surface area contributed by atoms with Crippen molar-refractivity contribution in [3.05, 3.63) is 59.1 Å². The molecule has 0 radical (unpaired) electrons. The molecule has 0 N–H and O–H groups in total. The molecule has 2 rings (SSSR count). The number of rotatable bonds is 6. The van der Waals surface area contributed by atoms with Crippen LogP contribution in [0, 0.1) is 11.3 Å². The Labute approximate surface area is 123 Å². The van der Waals surface area contributed by atoms with Gasteiger partial charge in [0.1, 0.15) is 5.15 Å². The molecule has 0 aliphatic rings. The van der Waals surface area contributed by atoms with Gasteiger partial charge in [-0.15, -0.1) is 0 Å². The van der Waals surface area contributed by atoms with Crippen LogP contribution in [-0.2, 0) is 13.1 Å². The molecule has 0 fully saturated rings. The number of nitriles is 1. The molecule has 0 bridgehead atoms. The maximum atomic E-state index is 8.77. The van der Waals surface area contributed by atoms with E-state index in [2.05, 4.69) is 20.9 Å². The average molecular weight is 287 g/mol. The van der Waals surface area contributed by atoms with Crippen molar-refractivity contribution in [1.29, 1.82) is 5.26 Å². The fourth-order valence-electron chi connectivity index (χ4n) is 1.95. The molecular weight excluding hydrogens is 272 g/mol. The van der Waals surface area contributed by atoms with Gasteiger partial charge in [-0.2, -0.15) is 5.26 Å². The smallest absolute Gasteiger partial charge is 0.133 e. The van der Waals surface area contributed by atoms with E-state index in [0.29, 0.717) is 24.7 Å². The SMILES string of the molecule is N#CCCN(Cc1cccnc1)Cc1cccnc1Cl. The predicted octanol–water partition coefficient (Wildman–Crippen LogP) is 3.05. The lowest BCUT2D eigenvalue weighted by molar-refractivity contribution is 0.262. The van der Waals surface area contributed by atoms with Gasteiger partial charge in [-0.1, -0.05) is 23.7 Å². The van der Waals surface area contributed by atoms with Crippen LogP contribution >= 0.6 is 11.6 Å². The highest BCUT2D eigenvalue weighted by atomic mass is 35.5. The standard InChI is InChI=1S/C15H15ClN4/c16-15-14(5-2-8-19-15)12-20(9-3-6-17)11-13-4-1-7-18-10-13/h1-2,4-5,7-8,10H,3,9,11-12H2. The minimum atomic E-state index is 0.484. The third-order valence-electron chi connectivity index (χ3n) is 2.90. The Morgan fingerprint density at radius 2 is 2.05 bits per heavy atom. The molecule has 2 aromatic rings. The maximum Gasteiger partial charge on any atom is 0.133 e. The number of hydrogen-bond donors (Lipinski definition) is 0. The van der Waals surface area contributed by atoms with E-state index < -0.39 is 0 Å². The third-order valence-corrected chi connectivity index (χ3v) is 3.24. The van der Waals surface area contributed by atoms with Crippen LogP contribution < -0.4 is 0 Å². The molecule has 0 spiro atoms. The molecule has 0 saturated carbocycles. The van der Waals surface area contributed by atoms with Crippen LogP contribution in [0.3, 0.4) is 0 Å². The second kappa shape index (κ2) is 7.59. The number of hydrogen-bond acceptors (Lipinski definition) is 4. The van der Waals surface area contributed by atoms with Gasteiger partial charge in [0.05, 0.1) is 6.07 Å². The molecule has 4 nitrogen and oxygen atoms in total. The highest BCUT2D eigenvalue weighted by Gasteiger charge is 2.09. The molecule has 0 saturated heterocycles. The number of nitrogens with zero attached hydrogens (tertiary/aromatic N) is 4. The first-order chi connectivity index (χ1) is 9.79. The van der Waals surface area contributed by atoms with Gasteiger partial charge in [-0.3, -0.25) is 9.88 Å². The minimum Gasteiger partial charge on any atom is -0.294 e. The molecule has 0 aromatic carbocycles. The molecule has 0 atom stereocenters. The van der Waals surface area contributed by atoms with Gasteiger partial charge < -0.3 is 0 Å². The quantitative estimate of drug-likeness (QED) is 0.766. The van der Waals surface area contributed by atoms with E-state index in [1.807, 2.05) is 30.5 Å². The Kier molecular flexibility index (Phi) is 5.48. The summed E-state index contributed by atoms with van der Waals surface area (Å²) >= 11 is 6.09. The van der Waals surface area contributed by atoms with E-state index in [1.54, 1.807) is 12.4 Å². The van der Waals surface area contributed by atoms with Crippen LogP contribution in [0.1, 0.15) is 17.5 Å². The Bertz CT molecular complexity index is 580. The summed E-state index contributed by atoms with van der Waals surface area (Å²) in [6.45, 7) is 2.10. The number of pyridine rings is 2. The van der Waals surface area contributed by atoms with Crippen molar-refractivity contribution in [2.45, 2.75) is 19.5 Å². The van der Waals surface area contributed by atoms with E-state index in [4.69, 9.17) is 16.9 Å². The van der Waals surface area contributed by atoms with Crippen LogP contribution in [0.2, 0.25) is 5.15 Å². The zero-order chi connectivity index (χ0) is 14.2. The highest BCUT2D eigenvalue weighted by Crippen LogP contribution is 2.16. The first-order valence-electron chi connectivity index (χ1n) is 6.37. The topological polar surface area (TPSA) is 52.8 Å². The Morgan fingerprint density at radius 3 is 2.75 bits per heavy atom. The minimum absolute atomic E-state index is 0.484. The van der Waals surface area contributed by atoms with Gasteiger partial charge >= 0.3 is 0 Å². The summed E-state index contributed by atoms with van der Waals surface area (Å²) in [5.74, 6) is 0. The summed E-state index contributed by atoms with van der Waals surface area (Å²) in [6, 6.07) is 9.94. The summed E-state index contributed by atoms with van der Waals surface area (Å²) in [6.07, 6.45) is 5.75. The highest BCUT2D eigenvalue weighted by molar-refractivity contribution is 6.30. The lowest BCUT2D eigenvalue weighted by Gasteiger charge is -2.21. The first kappa shape index (κ1) is 14.4. The van der Waals surface area contributed by atoms with E-state index >= 15 is 0 Å². The van der Waals surface area contributed by atoms with Crippen LogP contribution in [-0.4, -0.2) is 21.4 Å². The summed E-state index contributed by atoms with van der Waals surface area (Å²) in [7, 11) is 0. The largest absolute Gasteiger partial charge is 0.294 e. The van der Waals surface area contributed by atoms with Crippen molar-refractivity contribution in [3.8, 4) is 6.07 Å². The molecular formula is C15H15ClN4. The second-order valence-electron chi connectivity index (χ2n) is 4.43. The van der Waals surface area contributed by atoms with E-state index in [0.717, 1.165) is 17.7 Å². The molecule has 0 unspecified atom stereocenters. The van der Waals surface area contributed by atoms with Gasteiger partial charge in [0.25, 0.3) is 0 Å². The molecule has 2 aromatic heterocycles. The van der Waals surface area contributed by atoms with Crippen molar-refractivity contribution in [2.24, 2.45) is 0 Å². The Morgan fingerprint density at radius 1 is 1.20 bits per heavy atom. The predicted molar refractivity (Wildman–Crippen MR) is 77.8 cm³/mol. The maximum absolute atomic E-state index is 8.77. The zero-order valence-electron chi connectivity index (χ0n) is 11.0. The van der Waals surface area contributed by atoms with Gasteiger partial charge in [0.2, 0.25) is 0 Å². The molecule has 20 heavy (non-hydrogen) atoms. The molecule has 0 aliphatic heterocycles. The lowest BCUT2D eigenvalue weighted by Crippen LogP contribution is -2.24. The van der Waals surface area contributed by atoms with Crippen molar-refractivity contribution in [1.82, 2.24) is 14.9 Å². The monoisotopic (exact) mass is 286 g/mol. The van der Waals surface area contributed by atoms with Gasteiger partial charge in [0, 0.05) is 50.2 Å². The molecule has 0 amide bonds. The zero-order valence-corrected chi connectivity index (χ0v) is 11.8. The van der Waals surface area contributed by atoms with Crippen LogP contribution in [0.15, 0.2) is 42.9 Å². The van der Waals surface area contributed by atoms with Crippen molar-refractivity contribution in [2.75, 3.05) is 6.54 Å². The van der Waals surface area contributed by atoms with E-state index in [9.17, 15) is 0 Å². The van der Waals surface area contributed by atoms with E-state index in [-0.39, 0.29) is 0 Å². The molecule has 0 aliphatic carbocycles. The summed E-state index contributed by atoms with van der Waals surface area (Å²) in [5.41, 5.74) is 2.08. The molecule has 102 valence electrons. The molecule has 2 heterocycles. The van der Waals surface area contributed by atoms with Crippen LogP contribution in [0.5, 0.6) is 0 Å². The van der Waals surface area contributed by atoms with Gasteiger partial charge in [-0.05, 0) is 17.7 Å². The van der Waals surface area contributed by atoms with Crippen LogP contribution in [0.4, 0.5) is 0 Å². The summed E-state index contributed by atoms with van der Waals surface area (Å²) in [4.78, 5) is 10.4. The lowest BCUT2D eigenvalue weighted by atomic mass is 10.2. The Hall–Kier alpha value is -1.96. The fraction of sp³-hybridized carbons (Fsp3) is 0.267. The fourth-order valence-corrected chi connectivity index (χ4v) is 2.13. The Balaban J connectivity index is 2.08. The van der Waals surface area contributed by atoms with Gasteiger partial charge in [-0.25, -0.2) is 4.98 Å². The second-order valence-corrected chi connectivity index (χ2v) is 4.79.